The van der Waals surface area contributed by atoms with Crippen LogP contribution in [-0.2, 0) is 11.2 Å². The van der Waals surface area contributed by atoms with Crippen LogP contribution in [0.2, 0.25) is 0 Å². The minimum Gasteiger partial charge on any atom is -0.497 e. The Hall–Kier alpha value is -2.30. The van der Waals surface area contributed by atoms with Crippen LogP contribution in [-0.4, -0.2) is 24.9 Å². The largest absolute Gasteiger partial charge is 0.513 e. The number of carbonyl (C=O) groups is 1. The predicted molar refractivity (Wildman–Crippen MR) is 103 cm³/mol. The number of hydrogen-bond donors (Lipinski definition) is 0. The summed E-state index contributed by atoms with van der Waals surface area (Å²) in [7, 11) is 1.62. The lowest BCUT2D eigenvalue weighted by atomic mass is 10.0. The molecule has 0 atom stereocenters. The second-order valence-corrected chi connectivity index (χ2v) is 6.34. The smallest absolute Gasteiger partial charge is 0.497 e. The minimum absolute atomic E-state index is 0.279. The van der Waals surface area contributed by atoms with Crippen molar-refractivity contribution in [2.45, 2.75) is 59.3 Å². The first kappa shape index (κ1) is 20.0. The molecule has 0 aliphatic rings. The van der Waals surface area contributed by atoms with Crippen LogP contribution in [0.25, 0.3) is 10.9 Å². The van der Waals surface area contributed by atoms with Crippen molar-refractivity contribution in [3.8, 4) is 11.5 Å². The zero-order chi connectivity index (χ0) is 18.9. The quantitative estimate of drug-likeness (QED) is 0.431. The Balaban J connectivity index is 2.37. The molecule has 0 N–H and O–H groups in total. The van der Waals surface area contributed by atoms with Gasteiger partial charge in [-0.15, -0.1) is 0 Å². The normalized spacial score (nSPS) is 10.8. The van der Waals surface area contributed by atoms with Gasteiger partial charge in [0, 0.05) is 22.7 Å². The van der Waals surface area contributed by atoms with Gasteiger partial charge < -0.3 is 14.2 Å². The second-order valence-electron chi connectivity index (χ2n) is 6.34. The van der Waals surface area contributed by atoms with E-state index in [0.29, 0.717) is 5.75 Å². The predicted octanol–water partition coefficient (Wildman–Crippen LogP) is 5.60. The van der Waals surface area contributed by atoms with Crippen LogP contribution in [0, 0.1) is 6.92 Å². The summed E-state index contributed by atoms with van der Waals surface area (Å²) >= 11 is 0. The van der Waals surface area contributed by atoms with Crippen LogP contribution in [0.15, 0.2) is 18.2 Å². The van der Waals surface area contributed by atoms with E-state index < -0.39 is 6.16 Å². The lowest BCUT2D eigenvalue weighted by Crippen LogP contribution is -2.13. The summed E-state index contributed by atoms with van der Waals surface area (Å²) < 4.78 is 15.9. The number of rotatable bonds is 9. The Morgan fingerprint density at radius 2 is 1.88 bits per heavy atom. The van der Waals surface area contributed by atoms with Crippen molar-refractivity contribution in [1.29, 1.82) is 0 Å². The van der Waals surface area contributed by atoms with Gasteiger partial charge in [0.2, 0.25) is 0 Å². The zero-order valence-electron chi connectivity index (χ0n) is 16.3. The van der Waals surface area contributed by atoms with Crippen LogP contribution in [0.3, 0.4) is 0 Å². The Kier molecular flexibility index (Phi) is 7.70. The Morgan fingerprint density at radius 3 is 2.58 bits per heavy atom. The van der Waals surface area contributed by atoms with Crippen molar-refractivity contribution in [2.75, 3.05) is 13.7 Å². The topological polar surface area (TPSA) is 57.7 Å². The van der Waals surface area contributed by atoms with Crippen LogP contribution in [0.5, 0.6) is 11.5 Å². The Morgan fingerprint density at radius 1 is 1.12 bits per heavy atom. The fourth-order valence-electron chi connectivity index (χ4n) is 3.04. The SMILES string of the molecule is CCCCCCCc1c(C)nc2cc(OC)ccc2c1OC(=O)OCC. The molecule has 2 aromatic rings. The third-order valence-electron chi connectivity index (χ3n) is 4.43. The van der Waals surface area contributed by atoms with E-state index in [1.54, 1.807) is 14.0 Å². The second kappa shape index (κ2) is 10.00. The summed E-state index contributed by atoms with van der Waals surface area (Å²) in [5.74, 6) is 1.28. The fraction of sp³-hybridized carbons (Fsp3) is 0.524. The Labute approximate surface area is 155 Å². The molecule has 0 saturated heterocycles. The van der Waals surface area contributed by atoms with Gasteiger partial charge >= 0.3 is 6.16 Å². The number of benzene rings is 1. The molecule has 1 heterocycles. The molecule has 26 heavy (non-hydrogen) atoms. The van der Waals surface area contributed by atoms with Gasteiger partial charge in [0.25, 0.3) is 0 Å². The first-order valence-corrected chi connectivity index (χ1v) is 9.42. The van der Waals surface area contributed by atoms with Gasteiger partial charge in [0.1, 0.15) is 11.5 Å². The molecule has 0 aliphatic heterocycles. The molecule has 0 saturated carbocycles. The number of aromatic nitrogens is 1. The highest BCUT2D eigenvalue weighted by atomic mass is 16.7. The lowest BCUT2D eigenvalue weighted by Gasteiger charge is -2.15. The number of unbranched alkanes of at least 4 members (excludes halogenated alkanes) is 4. The van der Waals surface area contributed by atoms with Gasteiger partial charge in [0.05, 0.1) is 19.2 Å². The number of ether oxygens (including phenoxy) is 3. The number of pyridine rings is 1. The molecule has 142 valence electrons. The molecular weight excluding hydrogens is 330 g/mol. The molecule has 0 fully saturated rings. The standard InChI is InChI=1S/C21H29NO4/c1-5-7-8-9-10-11-17-15(3)22-19-14-16(24-4)12-13-18(19)20(17)26-21(23)25-6-2/h12-14H,5-11H2,1-4H3. The van der Waals surface area contributed by atoms with Crippen LogP contribution < -0.4 is 9.47 Å². The monoisotopic (exact) mass is 359 g/mol. The maximum Gasteiger partial charge on any atom is 0.513 e. The molecule has 0 aliphatic carbocycles. The molecule has 1 aromatic carbocycles. The van der Waals surface area contributed by atoms with Crippen LogP contribution in [0.4, 0.5) is 4.79 Å². The Bertz CT molecular complexity index is 742. The van der Waals surface area contributed by atoms with Crippen molar-refractivity contribution >= 4 is 17.1 Å². The number of aryl methyl sites for hydroxylation is 1. The van der Waals surface area contributed by atoms with Gasteiger partial charge in [-0.25, -0.2) is 4.79 Å². The first-order chi connectivity index (χ1) is 12.6. The van der Waals surface area contributed by atoms with Crippen LogP contribution in [0.1, 0.15) is 57.2 Å². The molecular formula is C21H29NO4. The summed E-state index contributed by atoms with van der Waals surface area (Å²) in [6.07, 6.45) is 6.05. The molecule has 0 radical (unpaired) electrons. The maximum atomic E-state index is 12.0. The van der Waals surface area contributed by atoms with Crippen molar-refractivity contribution < 1.29 is 19.0 Å². The minimum atomic E-state index is -0.678. The summed E-state index contributed by atoms with van der Waals surface area (Å²) in [5.41, 5.74) is 2.60. The average Bonchev–Trinajstić information content (AvgIpc) is 2.63. The fourth-order valence-corrected chi connectivity index (χ4v) is 3.04. The van der Waals surface area contributed by atoms with Crippen molar-refractivity contribution in [3.63, 3.8) is 0 Å². The molecule has 0 unspecified atom stereocenters. The van der Waals surface area contributed by atoms with Gasteiger partial charge in [-0.1, -0.05) is 32.6 Å². The molecule has 5 heteroatoms. The summed E-state index contributed by atoms with van der Waals surface area (Å²) in [4.78, 5) is 16.7. The molecule has 0 amide bonds. The highest BCUT2D eigenvalue weighted by Gasteiger charge is 2.18. The average molecular weight is 359 g/mol. The van der Waals surface area contributed by atoms with Crippen molar-refractivity contribution in [2.24, 2.45) is 0 Å². The number of carbonyl (C=O) groups excluding carboxylic acids is 1. The third kappa shape index (κ3) is 5.10. The highest BCUT2D eigenvalue weighted by molar-refractivity contribution is 5.89. The lowest BCUT2D eigenvalue weighted by molar-refractivity contribution is 0.104. The summed E-state index contributed by atoms with van der Waals surface area (Å²) in [6.45, 7) is 6.20. The van der Waals surface area contributed by atoms with E-state index in [4.69, 9.17) is 19.2 Å². The van der Waals surface area contributed by atoms with E-state index in [2.05, 4.69) is 6.92 Å². The number of methoxy groups -OCH3 is 1. The number of nitrogens with zero attached hydrogens (tertiary/aromatic N) is 1. The van der Waals surface area contributed by atoms with Gasteiger partial charge in [-0.3, -0.25) is 4.98 Å². The first-order valence-electron chi connectivity index (χ1n) is 9.42. The zero-order valence-corrected chi connectivity index (χ0v) is 16.3. The number of fused-ring (bicyclic) bond motifs is 1. The van der Waals surface area contributed by atoms with E-state index in [9.17, 15) is 4.79 Å². The van der Waals surface area contributed by atoms with E-state index >= 15 is 0 Å². The third-order valence-corrected chi connectivity index (χ3v) is 4.43. The number of hydrogen-bond acceptors (Lipinski definition) is 5. The van der Waals surface area contributed by atoms with Crippen LogP contribution >= 0.6 is 0 Å². The molecule has 0 bridgehead atoms. The summed E-state index contributed by atoms with van der Waals surface area (Å²) in [6, 6.07) is 5.59. The van der Waals surface area contributed by atoms with E-state index in [1.807, 2.05) is 25.1 Å². The summed E-state index contributed by atoms with van der Waals surface area (Å²) in [5, 5.41) is 0.799. The highest BCUT2D eigenvalue weighted by Crippen LogP contribution is 2.34. The molecule has 0 spiro atoms. The van der Waals surface area contributed by atoms with E-state index in [0.717, 1.165) is 47.2 Å². The van der Waals surface area contributed by atoms with Gasteiger partial charge in [0.15, 0.2) is 0 Å². The molecule has 1 aromatic heterocycles. The van der Waals surface area contributed by atoms with E-state index in [-0.39, 0.29) is 6.61 Å². The van der Waals surface area contributed by atoms with E-state index in [1.165, 1.54) is 19.3 Å². The van der Waals surface area contributed by atoms with Crippen molar-refractivity contribution in [1.82, 2.24) is 4.98 Å². The van der Waals surface area contributed by atoms with Gasteiger partial charge in [-0.05, 0) is 38.8 Å². The molecule has 5 nitrogen and oxygen atoms in total. The molecule has 2 rings (SSSR count). The van der Waals surface area contributed by atoms with Crippen molar-refractivity contribution in [3.05, 3.63) is 29.5 Å². The maximum absolute atomic E-state index is 12.0. The van der Waals surface area contributed by atoms with Gasteiger partial charge in [-0.2, -0.15) is 0 Å².